The number of hydrogen-bond donors (Lipinski definition) is 1. The fourth-order valence-electron chi connectivity index (χ4n) is 5.03. The zero-order valence-electron chi connectivity index (χ0n) is 18.9. The molecule has 2 aromatic carbocycles. The number of benzene rings is 2. The number of hydrogen-bond acceptors (Lipinski definition) is 4. The summed E-state index contributed by atoms with van der Waals surface area (Å²) in [7, 11) is 0. The highest BCUT2D eigenvalue weighted by molar-refractivity contribution is 5.83. The second-order valence-corrected chi connectivity index (χ2v) is 9.23. The molecule has 4 rings (SSSR count). The van der Waals surface area contributed by atoms with E-state index in [1.165, 1.54) is 16.3 Å². The van der Waals surface area contributed by atoms with Crippen LogP contribution in [0.3, 0.4) is 0 Å². The van der Waals surface area contributed by atoms with Crippen molar-refractivity contribution >= 4 is 16.7 Å². The Morgan fingerprint density at radius 3 is 2.68 bits per heavy atom. The van der Waals surface area contributed by atoms with Crippen molar-refractivity contribution in [2.45, 2.75) is 32.7 Å². The summed E-state index contributed by atoms with van der Waals surface area (Å²) in [6.07, 6.45) is 3.15. The lowest BCUT2D eigenvalue weighted by atomic mass is 9.87. The Labute approximate surface area is 186 Å². The molecule has 2 aromatic rings. The average Bonchev–Trinajstić information content (AvgIpc) is 2.79. The predicted octanol–water partition coefficient (Wildman–Crippen LogP) is 3.53. The fourth-order valence-corrected chi connectivity index (χ4v) is 5.03. The molecule has 0 bridgehead atoms. The minimum Gasteiger partial charge on any atom is -0.379 e. The third-order valence-corrected chi connectivity index (χ3v) is 6.65. The molecule has 0 aromatic heterocycles. The van der Waals surface area contributed by atoms with Gasteiger partial charge in [0.15, 0.2) is 0 Å². The number of amides is 1. The first-order valence-corrected chi connectivity index (χ1v) is 12.0. The van der Waals surface area contributed by atoms with E-state index in [1.807, 2.05) is 0 Å². The van der Waals surface area contributed by atoms with Crippen LogP contribution in [0.2, 0.25) is 0 Å². The standard InChI is InChI=1S/C26H37N3O2/c1-2-3-10-27-26(30)25-16-22(18-28-11-13-31-14-12-28)19-29(20-25)17-21-8-9-23-6-4-5-7-24(23)15-21/h4-9,15,22,25H,2-3,10-14,16-20H2,1H3,(H,27,30)/t22-,25-/m1/s1. The van der Waals surface area contributed by atoms with Gasteiger partial charge in [-0.25, -0.2) is 0 Å². The number of unbranched alkanes of at least 4 members (excludes halogenated alkanes) is 1. The van der Waals surface area contributed by atoms with E-state index in [0.29, 0.717) is 5.92 Å². The van der Waals surface area contributed by atoms with Gasteiger partial charge < -0.3 is 10.1 Å². The van der Waals surface area contributed by atoms with E-state index in [0.717, 1.165) is 78.3 Å². The number of nitrogens with one attached hydrogen (secondary N) is 1. The number of nitrogens with zero attached hydrogens (tertiary/aromatic N) is 2. The second-order valence-electron chi connectivity index (χ2n) is 9.23. The summed E-state index contributed by atoms with van der Waals surface area (Å²) in [5, 5.41) is 5.76. The molecule has 2 saturated heterocycles. The monoisotopic (exact) mass is 423 g/mol. The van der Waals surface area contributed by atoms with E-state index in [-0.39, 0.29) is 11.8 Å². The van der Waals surface area contributed by atoms with Crippen molar-refractivity contribution in [2.24, 2.45) is 11.8 Å². The average molecular weight is 424 g/mol. The third kappa shape index (κ3) is 6.28. The highest BCUT2D eigenvalue weighted by Crippen LogP contribution is 2.26. The Morgan fingerprint density at radius 1 is 1.06 bits per heavy atom. The number of ether oxygens (including phenoxy) is 1. The van der Waals surface area contributed by atoms with Crippen LogP contribution in [0.25, 0.3) is 10.8 Å². The molecule has 0 saturated carbocycles. The van der Waals surface area contributed by atoms with E-state index in [9.17, 15) is 4.79 Å². The number of likely N-dealkylation sites (tertiary alicyclic amines) is 1. The molecule has 0 unspecified atom stereocenters. The first-order chi connectivity index (χ1) is 15.2. The number of morpholine rings is 1. The van der Waals surface area contributed by atoms with Gasteiger partial charge in [0, 0.05) is 45.8 Å². The molecule has 2 fully saturated rings. The minimum atomic E-state index is 0.0807. The van der Waals surface area contributed by atoms with Crippen LogP contribution in [0, 0.1) is 11.8 Å². The third-order valence-electron chi connectivity index (χ3n) is 6.65. The van der Waals surface area contributed by atoms with Crippen molar-refractivity contribution in [3.63, 3.8) is 0 Å². The van der Waals surface area contributed by atoms with Crippen molar-refractivity contribution in [1.29, 1.82) is 0 Å². The lowest BCUT2D eigenvalue weighted by Crippen LogP contribution is -2.50. The lowest BCUT2D eigenvalue weighted by molar-refractivity contribution is -0.127. The van der Waals surface area contributed by atoms with Gasteiger partial charge in [0.05, 0.1) is 19.1 Å². The molecule has 2 heterocycles. The molecular weight excluding hydrogens is 386 g/mol. The molecule has 2 atom stereocenters. The fraction of sp³-hybridized carbons (Fsp3) is 0.577. The minimum absolute atomic E-state index is 0.0807. The van der Waals surface area contributed by atoms with Gasteiger partial charge in [-0.15, -0.1) is 0 Å². The van der Waals surface area contributed by atoms with Crippen LogP contribution in [-0.4, -0.2) is 68.2 Å². The summed E-state index contributed by atoms with van der Waals surface area (Å²) in [4.78, 5) is 17.9. The molecule has 0 radical (unpaired) electrons. The molecule has 2 aliphatic heterocycles. The Kier molecular flexibility index (Phi) is 7.95. The summed E-state index contributed by atoms with van der Waals surface area (Å²) in [5.74, 6) is 0.843. The lowest BCUT2D eigenvalue weighted by Gasteiger charge is -2.40. The first-order valence-electron chi connectivity index (χ1n) is 12.0. The van der Waals surface area contributed by atoms with Gasteiger partial charge >= 0.3 is 0 Å². The van der Waals surface area contributed by atoms with Crippen LogP contribution < -0.4 is 5.32 Å². The van der Waals surface area contributed by atoms with E-state index >= 15 is 0 Å². The SMILES string of the molecule is CCCCNC(=O)[C@@H]1C[C@H](CN2CCOCC2)CN(Cc2ccc3ccccc3c2)C1. The number of piperidine rings is 1. The number of carbonyl (C=O) groups excluding carboxylic acids is 1. The Balaban J connectivity index is 1.43. The van der Waals surface area contributed by atoms with Crippen LogP contribution in [0.15, 0.2) is 42.5 Å². The molecule has 0 aliphatic carbocycles. The van der Waals surface area contributed by atoms with Gasteiger partial charge in [0.1, 0.15) is 0 Å². The molecule has 2 aliphatic rings. The van der Waals surface area contributed by atoms with E-state index < -0.39 is 0 Å². The van der Waals surface area contributed by atoms with Crippen molar-refractivity contribution in [3.8, 4) is 0 Å². The van der Waals surface area contributed by atoms with Crippen molar-refractivity contribution in [1.82, 2.24) is 15.1 Å². The maximum absolute atomic E-state index is 12.9. The van der Waals surface area contributed by atoms with Crippen molar-refractivity contribution < 1.29 is 9.53 Å². The molecule has 0 spiro atoms. The summed E-state index contributed by atoms with van der Waals surface area (Å²) >= 11 is 0. The summed E-state index contributed by atoms with van der Waals surface area (Å²) in [6.45, 7) is 10.5. The molecule has 5 heteroatoms. The van der Waals surface area contributed by atoms with E-state index in [4.69, 9.17) is 4.74 Å². The molecule has 31 heavy (non-hydrogen) atoms. The van der Waals surface area contributed by atoms with Crippen LogP contribution in [0.4, 0.5) is 0 Å². The van der Waals surface area contributed by atoms with Crippen LogP contribution >= 0.6 is 0 Å². The van der Waals surface area contributed by atoms with Gasteiger partial charge in [-0.1, -0.05) is 49.7 Å². The maximum Gasteiger partial charge on any atom is 0.224 e. The topological polar surface area (TPSA) is 44.8 Å². The van der Waals surface area contributed by atoms with Gasteiger partial charge in [-0.2, -0.15) is 0 Å². The van der Waals surface area contributed by atoms with Gasteiger partial charge in [-0.05, 0) is 41.2 Å². The largest absolute Gasteiger partial charge is 0.379 e. The quantitative estimate of drug-likeness (QED) is 0.660. The van der Waals surface area contributed by atoms with E-state index in [2.05, 4.69) is 64.5 Å². The summed E-state index contributed by atoms with van der Waals surface area (Å²) in [5.41, 5.74) is 1.33. The molecule has 5 nitrogen and oxygen atoms in total. The zero-order chi connectivity index (χ0) is 21.5. The molecule has 1 amide bonds. The molecule has 168 valence electrons. The number of fused-ring (bicyclic) bond motifs is 1. The highest BCUT2D eigenvalue weighted by atomic mass is 16.5. The van der Waals surface area contributed by atoms with Crippen molar-refractivity contribution in [3.05, 3.63) is 48.0 Å². The Hall–Kier alpha value is -1.95. The molecule has 1 N–H and O–H groups in total. The van der Waals surface area contributed by atoms with E-state index in [1.54, 1.807) is 0 Å². The molecular formula is C26H37N3O2. The summed E-state index contributed by atoms with van der Waals surface area (Å²) < 4.78 is 5.52. The second kappa shape index (κ2) is 11.1. The van der Waals surface area contributed by atoms with Crippen LogP contribution in [0.5, 0.6) is 0 Å². The summed E-state index contributed by atoms with van der Waals surface area (Å²) in [6, 6.07) is 15.3. The smallest absolute Gasteiger partial charge is 0.224 e. The van der Waals surface area contributed by atoms with Gasteiger partial charge in [0.2, 0.25) is 5.91 Å². The van der Waals surface area contributed by atoms with Gasteiger partial charge in [-0.3, -0.25) is 14.6 Å². The maximum atomic E-state index is 12.9. The Morgan fingerprint density at radius 2 is 1.87 bits per heavy atom. The Bertz CT molecular complexity index is 849. The van der Waals surface area contributed by atoms with Gasteiger partial charge in [0.25, 0.3) is 0 Å². The highest BCUT2D eigenvalue weighted by Gasteiger charge is 2.32. The normalized spacial score (nSPS) is 23.1. The predicted molar refractivity (Wildman–Crippen MR) is 126 cm³/mol. The number of carbonyl (C=O) groups is 1. The number of rotatable bonds is 8. The van der Waals surface area contributed by atoms with Crippen LogP contribution in [0.1, 0.15) is 31.7 Å². The van der Waals surface area contributed by atoms with Crippen molar-refractivity contribution in [2.75, 3.05) is 52.5 Å². The van der Waals surface area contributed by atoms with Crippen LogP contribution in [-0.2, 0) is 16.1 Å². The first kappa shape index (κ1) is 22.3. The zero-order valence-corrected chi connectivity index (χ0v) is 18.9.